The Labute approximate surface area is 195 Å². The summed E-state index contributed by atoms with van der Waals surface area (Å²) < 4.78 is 12.3. The molecule has 2 aromatic rings. The van der Waals surface area contributed by atoms with E-state index in [2.05, 4.69) is 72.7 Å². The average molecular weight is 446 g/mol. The van der Waals surface area contributed by atoms with Gasteiger partial charge in [0.15, 0.2) is 16.6 Å². The van der Waals surface area contributed by atoms with E-state index in [4.69, 9.17) is 9.47 Å². The van der Waals surface area contributed by atoms with Crippen LogP contribution in [0.1, 0.15) is 32.1 Å². The lowest BCUT2D eigenvalue weighted by molar-refractivity contribution is -0.155. The van der Waals surface area contributed by atoms with Crippen LogP contribution in [0.3, 0.4) is 0 Å². The quantitative estimate of drug-likeness (QED) is 0.232. The summed E-state index contributed by atoms with van der Waals surface area (Å²) in [6.07, 6.45) is 15.3. The number of hydrogen-bond donors (Lipinski definition) is 0. The summed E-state index contributed by atoms with van der Waals surface area (Å²) in [6.45, 7) is 4.10. The van der Waals surface area contributed by atoms with Gasteiger partial charge in [-0.1, -0.05) is 43.0 Å². The normalized spacial score (nSPS) is 29.6. The van der Waals surface area contributed by atoms with Gasteiger partial charge in [0, 0.05) is 0 Å². The molecule has 0 heterocycles. The van der Waals surface area contributed by atoms with E-state index >= 15 is 0 Å². The van der Waals surface area contributed by atoms with Gasteiger partial charge in [0.05, 0.1) is 17.0 Å². The minimum absolute atomic E-state index is 0.128. The molecule has 2 aromatic carbocycles. The first kappa shape index (κ1) is 21.6. The molecular weight excluding hydrogens is 412 g/mol. The van der Waals surface area contributed by atoms with Gasteiger partial charge in [-0.25, -0.2) is 0 Å². The summed E-state index contributed by atoms with van der Waals surface area (Å²) in [7, 11) is -0.128. The van der Waals surface area contributed by atoms with E-state index in [0.29, 0.717) is 12.9 Å². The van der Waals surface area contributed by atoms with Crippen LogP contribution >= 0.6 is 0 Å². The molecule has 0 N–H and O–H groups in total. The predicted octanol–water partition coefficient (Wildman–Crippen LogP) is 7.16. The molecule has 4 saturated carbocycles. The summed E-state index contributed by atoms with van der Waals surface area (Å²) >= 11 is 0. The molecule has 0 spiro atoms. The highest BCUT2D eigenvalue weighted by Gasteiger charge is 2.48. The Kier molecular flexibility index (Phi) is 6.85. The molecule has 1 atom stereocenters. The van der Waals surface area contributed by atoms with Gasteiger partial charge < -0.3 is 9.47 Å². The molecule has 4 fully saturated rings. The molecule has 2 nitrogen and oxygen atoms in total. The second-order valence-electron chi connectivity index (χ2n) is 9.40. The molecule has 0 aromatic heterocycles. The Morgan fingerprint density at radius 2 is 1.44 bits per heavy atom. The number of benzene rings is 2. The van der Waals surface area contributed by atoms with Crippen LogP contribution in [0, 0.1) is 23.7 Å². The Morgan fingerprint density at radius 1 is 0.781 bits per heavy atom. The monoisotopic (exact) mass is 445 g/mol. The summed E-state index contributed by atoms with van der Waals surface area (Å²) in [4.78, 5) is 2.57. The van der Waals surface area contributed by atoms with Crippen LogP contribution in [0.4, 0.5) is 0 Å². The number of hydrogen-bond acceptors (Lipinski definition) is 2. The van der Waals surface area contributed by atoms with E-state index in [-0.39, 0.29) is 10.9 Å². The number of rotatable bonds is 9. The largest absolute Gasteiger partial charge is 0.468 e. The standard InChI is InChI=1S/C29H33O2S/c1-2-3-4-8-15-32(27-9-6-5-7-10-27)28-13-11-26(12-14-28)30-21-31-29-24-17-22-16-23(19-24)20-25(29)18-22/h2-15,22-25,29H,1,16-21H2/q+1/b4-3-,15-8+. The van der Waals surface area contributed by atoms with Crippen molar-refractivity contribution in [2.75, 3.05) is 6.79 Å². The molecular formula is C29H33O2S+. The lowest BCUT2D eigenvalue weighted by atomic mass is 9.55. The molecule has 4 aliphatic rings. The number of ether oxygens (including phenoxy) is 2. The first-order valence-corrected chi connectivity index (χ1v) is 13.2. The molecule has 0 radical (unpaired) electrons. The lowest BCUT2D eigenvalue weighted by Gasteiger charge is -2.53. The second kappa shape index (κ2) is 10.1. The van der Waals surface area contributed by atoms with Crippen molar-refractivity contribution in [3.8, 4) is 5.75 Å². The summed E-state index contributed by atoms with van der Waals surface area (Å²) in [5, 5.41) is 2.25. The summed E-state index contributed by atoms with van der Waals surface area (Å²) in [6, 6.07) is 19.1. The molecule has 4 bridgehead atoms. The van der Waals surface area contributed by atoms with Crippen molar-refractivity contribution in [3.63, 3.8) is 0 Å². The van der Waals surface area contributed by atoms with E-state index in [1.807, 2.05) is 12.2 Å². The fourth-order valence-electron chi connectivity index (χ4n) is 6.14. The van der Waals surface area contributed by atoms with E-state index in [9.17, 15) is 0 Å². The Balaban J connectivity index is 1.20. The SMILES string of the molecule is C=C/C=C\C=C\[S+](c1ccccc1)c1ccc(OCOC2C3CC4CC(C3)CC2C4)cc1. The molecule has 32 heavy (non-hydrogen) atoms. The van der Waals surface area contributed by atoms with E-state index in [1.165, 1.54) is 41.9 Å². The van der Waals surface area contributed by atoms with Crippen LogP contribution in [0.25, 0.3) is 0 Å². The van der Waals surface area contributed by atoms with Crippen LogP contribution in [-0.4, -0.2) is 12.9 Å². The van der Waals surface area contributed by atoms with Crippen LogP contribution in [0.5, 0.6) is 5.75 Å². The minimum atomic E-state index is -0.128. The third-order valence-corrected chi connectivity index (χ3v) is 9.26. The molecule has 0 amide bonds. The highest BCUT2D eigenvalue weighted by molar-refractivity contribution is 7.99. The zero-order chi connectivity index (χ0) is 21.8. The molecule has 6 rings (SSSR count). The van der Waals surface area contributed by atoms with Gasteiger partial charge in [-0.2, -0.15) is 0 Å². The van der Waals surface area contributed by atoms with Gasteiger partial charge in [-0.3, -0.25) is 0 Å². The predicted molar refractivity (Wildman–Crippen MR) is 133 cm³/mol. The van der Waals surface area contributed by atoms with Crippen molar-refractivity contribution in [2.45, 2.75) is 48.0 Å². The zero-order valence-electron chi connectivity index (χ0n) is 18.6. The lowest BCUT2D eigenvalue weighted by Crippen LogP contribution is -2.49. The molecule has 1 unspecified atom stereocenters. The highest BCUT2D eigenvalue weighted by Crippen LogP contribution is 2.54. The van der Waals surface area contributed by atoms with Crippen molar-refractivity contribution < 1.29 is 9.47 Å². The van der Waals surface area contributed by atoms with Crippen molar-refractivity contribution in [1.82, 2.24) is 0 Å². The van der Waals surface area contributed by atoms with Crippen molar-refractivity contribution >= 4 is 10.9 Å². The van der Waals surface area contributed by atoms with Gasteiger partial charge in [-0.15, -0.1) is 0 Å². The fourth-order valence-corrected chi connectivity index (χ4v) is 7.85. The Bertz CT molecular complexity index is 919. The van der Waals surface area contributed by atoms with Crippen LogP contribution in [-0.2, 0) is 15.6 Å². The first-order valence-electron chi connectivity index (χ1n) is 11.9. The zero-order valence-corrected chi connectivity index (χ0v) is 19.5. The third kappa shape index (κ3) is 4.89. The van der Waals surface area contributed by atoms with Gasteiger partial charge >= 0.3 is 0 Å². The Morgan fingerprint density at radius 3 is 2.09 bits per heavy atom. The van der Waals surface area contributed by atoms with Gasteiger partial charge in [0.2, 0.25) is 0 Å². The van der Waals surface area contributed by atoms with Gasteiger partial charge in [0.25, 0.3) is 0 Å². The maximum absolute atomic E-state index is 6.30. The highest BCUT2D eigenvalue weighted by atomic mass is 32.2. The minimum Gasteiger partial charge on any atom is -0.468 e. The summed E-state index contributed by atoms with van der Waals surface area (Å²) in [5.74, 6) is 4.37. The van der Waals surface area contributed by atoms with Crippen LogP contribution in [0.2, 0.25) is 0 Å². The smallest absolute Gasteiger partial charge is 0.189 e. The topological polar surface area (TPSA) is 18.5 Å². The summed E-state index contributed by atoms with van der Waals surface area (Å²) in [5.41, 5.74) is 0. The van der Waals surface area contributed by atoms with Crippen molar-refractivity contribution in [2.24, 2.45) is 23.7 Å². The maximum Gasteiger partial charge on any atom is 0.189 e. The van der Waals surface area contributed by atoms with Crippen LogP contribution < -0.4 is 4.74 Å². The Hall–Kier alpha value is -2.23. The molecule has 4 aliphatic carbocycles. The fraction of sp³-hybridized carbons (Fsp3) is 0.379. The van der Waals surface area contributed by atoms with E-state index in [1.54, 1.807) is 6.08 Å². The van der Waals surface area contributed by atoms with Gasteiger partial charge in [-0.05, 0) is 98.2 Å². The van der Waals surface area contributed by atoms with Gasteiger partial charge in [0.1, 0.15) is 11.2 Å². The van der Waals surface area contributed by atoms with E-state index < -0.39 is 0 Å². The van der Waals surface area contributed by atoms with Crippen molar-refractivity contribution in [1.29, 1.82) is 0 Å². The molecule has 3 heteroatoms. The first-order chi connectivity index (χ1) is 15.8. The third-order valence-electron chi connectivity index (χ3n) is 7.27. The van der Waals surface area contributed by atoms with E-state index in [0.717, 1.165) is 29.4 Å². The van der Waals surface area contributed by atoms with Crippen molar-refractivity contribution in [3.05, 3.63) is 90.9 Å². The molecule has 166 valence electrons. The number of allylic oxidation sites excluding steroid dienone is 4. The average Bonchev–Trinajstić information content (AvgIpc) is 2.82. The van der Waals surface area contributed by atoms with Crippen LogP contribution in [0.15, 0.2) is 101 Å². The molecule has 0 aliphatic heterocycles. The maximum atomic E-state index is 6.30. The molecule has 0 saturated heterocycles. The second-order valence-corrected chi connectivity index (χ2v) is 11.3.